The number of carbonyl (C=O) groups excluding carboxylic acids is 2. The Morgan fingerprint density at radius 2 is 1.81 bits per heavy atom. The molecule has 0 aliphatic heterocycles. The van der Waals surface area contributed by atoms with Crippen LogP contribution in [0.2, 0.25) is 10.0 Å². The smallest absolute Gasteiger partial charge is 0.340 e. The summed E-state index contributed by atoms with van der Waals surface area (Å²) in [7, 11) is 0. The highest BCUT2D eigenvalue weighted by Gasteiger charge is 2.20. The van der Waals surface area contributed by atoms with Crippen LogP contribution in [0.1, 0.15) is 21.5 Å². The Kier molecular flexibility index (Phi) is 6.24. The molecule has 0 saturated carbocycles. The number of anilines is 2. The minimum absolute atomic E-state index is 0.00876. The van der Waals surface area contributed by atoms with Gasteiger partial charge < -0.3 is 15.8 Å². The first-order valence-corrected chi connectivity index (χ1v) is 8.33. The number of nitro benzene ring substituents is 1. The molecule has 0 heterocycles. The molecule has 0 bridgehead atoms. The third-order valence-corrected chi connectivity index (χ3v) is 4.26. The first-order valence-electron chi connectivity index (χ1n) is 7.57. The van der Waals surface area contributed by atoms with Gasteiger partial charge in [-0.1, -0.05) is 23.2 Å². The summed E-state index contributed by atoms with van der Waals surface area (Å²) in [6, 6.07) is 5.45. The van der Waals surface area contributed by atoms with Crippen molar-refractivity contribution in [3.8, 4) is 0 Å². The topological polar surface area (TPSA) is 125 Å². The zero-order valence-corrected chi connectivity index (χ0v) is 15.9. The maximum atomic E-state index is 12.1. The molecule has 1 amide bonds. The van der Waals surface area contributed by atoms with Gasteiger partial charge in [0, 0.05) is 11.1 Å². The van der Waals surface area contributed by atoms with Gasteiger partial charge in [0.05, 0.1) is 21.2 Å². The summed E-state index contributed by atoms with van der Waals surface area (Å²) < 4.78 is 4.89. The number of ether oxygens (including phenoxy) is 1. The van der Waals surface area contributed by atoms with Crippen LogP contribution in [0.4, 0.5) is 17.1 Å². The molecule has 0 aliphatic carbocycles. The van der Waals surface area contributed by atoms with E-state index in [1.54, 1.807) is 13.8 Å². The SMILES string of the molecule is Cc1cc(NC(=O)COC(=O)c2cc(Cl)cc(Cl)c2N)c([N+](=O)[O-])cc1C. The van der Waals surface area contributed by atoms with E-state index in [1.165, 1.54) is 24.3 Å². The van der Waals surface area contributed by atoms with Crippen LogP contribution in [0.25, 0.3) is 0 Å². The number of hydrogen-bond acceptors (Lipinski definition) is 6. The van der Waals surface area contributed by atoms with Crippen molar-refractivity contribution in [1.29, 1.82) is 0 Å². The lowest BCUT2D eigenvalue weighted by atomic mass is 10.1. The first-order chi connectivity index (χ1) is 12.6. The molecule has 10 heteroatoms. The second kappa shape index (κ2) is 8.24. The molecular formula is C17H15Cl2N3O5. The van der Waals surface area contributed by atoms with Crippen LogP contribution >= 0.6 is 23.2 Å². The Labute approximate surface area is 164 Å². The quantitative estimate of drug-likeness (QED) is 0.332. The Balaban J connectivity index is 2.10. The predicted octanol–water partition coefficient (Wildman–Crippen LogP) is 3.90. The van der Waals surface area contributed by atoms with Crippen LogP contribution in [-0.2, 0) is 9.53 Å². The van der Waals surface area contributed by atoms with Crippen molar-refractivity contribution in [3.05, 3.63) is 61.1 Å². The number of nitrogens with one attached hydrogen (secondary N) is 1. The van der Waals surface area contributed by atoms with E-state index in [-0.39, 0.29) is 32.7 Å². The Bertz CT molecular complexity index is 947. The molecule has 2 rings (SSSR count). The number of nitrogens with zero attached hydrogens (tertiary/aromatic N) is 1. The number of amides is 1. The summed E-state index contributed by atoms with van der Waals surface area (Å²) >= 11 is 11.7. The number of esters is 1. The second-order valence-corrected chi connectivity index (χ2v) is 6.53. The fourth-order valence-corrected chi connectivity index (χ4v) is 2.69. The standard InChI is InChI=1S/C17H15Cl2N3O5/c1-8-3-13(14(22(25)26)4-9(8)2)21-15(23)7-27-17(24)11-5-10(18)6-12(19)16(11)20/h3-6H,7,20H2,1-2H3,(H,21,23). The van der Waals surface area contributed by atoms with E-state index in [4.69, 9.17) is 33.7 Å². The number of rotatable bonds is 5. The third-order valence-electron chi connectivity index (χ3n) is 3.73. The van der Waals surface area contributed by atoms with E-state index in [0.717, 1.165) is 5.56 Å². The van der Waals surface area contributed by atoms with Crippen molar-refractivity contribution < 1.29 is 19.2 Å². The van der Waals surface area contributed by atoms with Gasteiger partial charge >= 0.3 is 5.97 Å². The number of hydrogen-bond donors (Lipinski definition) is 2. The van der Waals surface area contributed by atoms with Gasteiger partial charge in [-0.05, 0) is 43.2 Å². The molecule has 0 aromatic heterocycles. The molecule has 2 aromatic carbocycles. The lowest BCUT2D eigenvalue weighted by molar-refractivity contribution is -0.384. The third kappa shape index (κ3) is 4.87. The van der Waals surface area contributed by atoms with Crippen molar-refractivity contribution >= 4 is 52.1 Å². The molecule has 142 valence electrons. The summed E-state index contributed by atoms with van der Waals surface area (Å²) in [6.07, 6.45) is 0. The Morgan fingerprint density at radius 3 is 2.44 bits per heavy atom. The summed E-state index contributed by atoms with van der Waals surface area (Å²) in [5, 5.41) is 13.8. The molecular weight excluding hydrogens is 397 g/mol. The molecule has 0 fully saturated rings. The normalized spacial score (nSPS) is 10.4. The van der Waals surface area contributed by atoms with Gasteiger partial charge in [-0.3, -0.25) is 14.9 Å². The molecule has 0 spiro atoms. The average molecular weight is 412 g/mol. The van der Waals surface area contributed by atoms with Gasteiger partial charge in [0.1, 0.15) is 5.69 Å². The molecule has 8 nitrogen and oxygen atoms in total. The second-order valence-electron chi connectivity index (χ2n) is 5.68. The van der Waals surface area contributed by atoms with E-state index >= 15 is 0 Å². The van der Waals surface area contributed by atoms with E-state index in [9.17, 15) is 19.7 Å². The zero-order valence-electron chi connectivity index (χ0n) is 14.3. The van der Waals surface area contributed by atoms with Gasteiger partial charge in [-0.2, -0.15) is 0 Å². The number of aryl methyl sites for hydroxylation is 2. The van der Waals surface area contributed by atoms with Crippen LogP contribution in [-0.4, -0.2) is 23.4 Å². The molecule has 3 N–H and O–H groups in total. The first kappa shape index (κ1) is 20.5. The van der Waals surface area contributed by atoms with E-state index in [0.29, 0.717) is 5.56 Å². The molecule has 0 radical (unpaired) electrons. The molecule has 0 aliphatic rings. The van der Waals surface area contributed by atoms with Gasteiger partial charge in [-0.15, -0.1) is 0 Å². The van der Waals surface area contributed by atoms with E-state index < -0.39 is 23.4 Å². The predicted molar refractivity (Wildman–Crippen MR) is 102 cm³/mol. The highest BCUT2D eigenvalue weighted by Crippen LogP contribution is 2.29. The van der Waals surface area contributed by atoms with Crippen molar-refractivity contribution in [2.45, 2.75) is 13.8 Å². The zero-order chi connectivity index (χ0) is 20.3. The Hall–Kier alpha value is -2.84. The van der Waals surface area contributed by atoms with Crippen molar-refractivity contribution in [3.63, 3.8) is 0 Å². The van der Waals surface area contributed by atoms with Crippen molar-refractivity contribution in [2.75, 3.05) is 17.7 Å². The fourth-order valence-electron chi connectivity index (χ4n) is 2.20. The maximum absolute atomic E-state index is 12.1. The monoisotopic (exact) mass is 411 g/mol. The van der Waals surface area contributed by atoms with Crippen LogP contribution in [0.3, 0.4) is 0 Å². The van der Waals surface area contributed by atoms with Crippen molar-refractivity contribution in [2.24, 2.45) is 0 Å². The number of benzene rings is 2. The average Bonchev–Trinajstić information content (AvgIpc) is 2.58. The number of nitrogens with two attached hydrogens (primary N) is 1. The molecule has 2 aromatic rings. The summed E-state index contributed by atoms with van der Waals surface area (Å²) in [6.45, 7) is 2.79. The van der Waals surface area contributed by atoms with Crippen LogP contribution < -0.4 is 11.1 Å². The van der Waals surface area contributed by atoms with Crippen LogP contribution in [0.15, 0.2) is 24.3 Å². The number of carbonyl (C=O) groups is 2. The summed E-state index contributed by atoms with van der Waals surface area (Å²) in [5.74, 6) is -1.65. The number of halogens is 2. The molecule has 0 saturated heterocycles. The van der Waals surface area contributed by atoms with Crippen molar-refractivity contribution in [1.82, 2.24) is 0 Å². The molecule has 0 unspecified atom stereocenters. The van der Waals surface area contributed by atoms with Crippen LogP contribution in [0, 0.1) is 24.0 Å². The lowest BCUT2D eigenvalue weighted by Gasteiger charge is -2.10. The minimum Gasteiger partial charge on any atom is -0.452 e. The van der Waals surface area contributed by atoms with Gasteiger partial charge in [0.2, 0.25) is 0 Å². The number of nitrogen functional groups attached to an aromatic ring is 1. The summed E-state index contributed by atoms with van der Waals surface area (Å²) in [4.78, 5) is 34.7. The Morgan fingerprint density at radius 1 is 1.19 bits per heavy atom. The largest absolute Gasteiger partial charge is 0.452 e. The van der Waals surface area contributed by atoms with Gasteiger partial charge in [0.15, 0.2) is 6.61 Å². The molecule has 0 atom stereocenters. The van der Waals surface area contributed by atoms with Crippen LogP contribution in [0.5, 0.6) is 0 Å². The fraction of sp³-hybridized carbons (Fsp3) is 0.176. The summed E-state index contributed by atoms with van der Waals surface area (Å²) in [5.41, 5.74) is 6.80. The molecule has 27 heavy (non-hydrogen) atoms. The van der Waals surface area contributed by atoms with E-state index in [2.05, 4.69) is 5.32 Å². The highest BCUT2D eigenvalue weighted by molar-refractivity contribution is 6.37. The minimum atomic E-state index is -0.901. The van der Waals surface area contributed by atoms with Gasteiger partial charge in [-0.25, -0.2) is 4.79 Å². The van der Waals surface area contributed by atoms with E-state index in [1.807, 2.05) is 0 Å². The number of nitro groups is 1. The van der Waals surface area contributed by atoms with Gasteiger partial charge in [0.25, 0.3) is 11.6 Å². The maximum Gasteiger partial charge on any atom is 0.340 e. The lowest BCUT2D eigenvalue weighted by Crippen LogP contribution is -2.22. The highest BCUT2D eigenvalue weighted by atomic mass is 35.5.